The van der Waals surface area contributed by atoms with E-state index in [0.717, 1.165) is 18.4 Å². The SMILES string of the molecule is CCOCCN(CC)S(=O)(=O)c1ccc(CCCN)cc1. The Balaban J connectivity index is 2.79. The number of rotatable bonds is 10. The van der Waals surface area contributed by atoms with Gasteiger partial charge in [-0.2, -0.15) is 4.31 Å². The second kappa shape index (κ2) is 9.15. The van der Waals surface area contributed by atoms with Crippen molar-refractivity contribution in [3.63, 3.8) is 0 Å². The summed E-state index contributed by atoms with van der Waals surface area (Å²) in [5.74, 6) is 0. The minimum Gasteiger partial charge on any atom is -0.380 e. The van der Waals surface area contributed by atoms with Gasteiger partial charge in [-0.3, -0.25) is 0 Å². The van der Waals surface area contributed by atoms with Gasteiger partial charge >= 0.3 is 0 Å². The van der Waals surface area contributed by atoms with Gasteiger partial charge in [0.15, 0.2) is 0 Å². The van der Waals surface area contributed by atoms with E-state index >= 15 is 0 Å². The fourth-order valence-corrected chi connectivity index (χ4v) is 3.48. The minimum atomic E-state index is -3.44. The number of sulfonamides is 1. The lowest BCUT2D eigenvalue weighted by atomic mass is 10.1. The lowest BCUT2D eigenvalue weighted by Gasteiger charge is -2.20. The molecule has 0 saturated carbocycles. The van der Waals surface area contributed by atoms with Gasteiger partial charge in [0, 0.05) is 19.7 Å². The summed E-state index contributed by atoms with van der Waals surface area (Å²) < 4.78 is 31.8. The maximum atomic E-state index is 12.5. The van der Waals surface area contributed by atoms with E-state index in [2.05, 4.69) is 0 Å². The molecule has 120 valence electrons. The van der Waals surface area contributed by atoms with Crippen molar-refractivity contribution in [2.75, 3.05) is 32.8 Å². The highest BCUT2D eigenvalue weighted by molar-refractivity contribution is 7.89. The third kappa shape index (κ3) is 5.39. The second-order valence-corrected chi connectivity index (χ2v) is 6.67. The number of likely N-dealkylation sites (N-methyl/N-ethyl adjacent to an activating group) is 1. The van der Waals surface area contributed by atoms with Crippen molar-refractivity contribution in [3.8, 4) is 0 Å². The van der Waals surface area contributed by atoms with Crippen LogP contribution in [0.2, 0.25) is 0 Å². The second-order valence-electron chi connectivity index (χ2n) is 4.73. The minimum absolute atomic E-state index is 0.331. The fraction of sp³-hybridized carbons (Fsp3) is 0.600. The van der Waals surface area contributed by atoms with Crippen LogP contribution in [0.5, 0.6) is 0 Å². The Kier molecular flexibility index (Phi) is 7.88. The van der Waals surface area contributed by atoms with E-state index in [-0.39, 0.29) is 0 Å². The molecule has 0 aliphatic heterocycles. The smallest absolute Gasteiger partial charge is 0.243 e. The Bertz CT molecular complexity index is 500. The number of hydrogen-bond donors (Lipinski definition) is 1. The monoisotopic (exact) mass is 314 g/mol. The quantitative estimate of drug-likeness (QED) is 0.666. The van der Waals surface area contributed by atoms with Crippen molar-refractivity contribution in [2.24, 2.45) is 5.73 Å². The van der Waals surface area contributed by atoms with Crippen LogP contribution in [0.3, 0.4) is 0 Å². The molecule has 0 aliphatic rings. The van der Waals surface area contributed by atoms with Gasteiger partial charge < -0.3 is 10.5 Å². The Hall–Kier alpha value is -0.950. The third-order valence-electron chi connectivity index (χ3n) is 3.27. The van der Waals surface area contributed by atoms with Crippen LogP contribution >= 0.6 is 0 Å². The summed E-state index contributed by atoms with van der Waals surface area (Å²) in [6.07, 6.45) is 1.78. The first-order valence-corrected chi connectivity index (χ1v) is 8.87. The molecule has 1 aromatic rings. The zero-order valence-corrected chi connectivity index (χ0v) is 13.7. The lowest BCUT2D eigenvalue weighted by Crippen LogP contribution is -2.33. The summed E-state index contributed by atoms with van der Waals surface area (Å²) in [6, 6.07) is 7.06. The fourth-order valence-electron chi connectivity index (χ4n) is 2.04. The van der Waals surface area contributed by atoms with Gasteiger partial charge in [-0.15, -0.1) is 0 Å². The summed E-state index contributed by atoms with van der Waals surface area (Å²) >= 11 is 0. The van der Waals surface area contributed by atoms with Crippen molar-refractivity contribution in [1.29, 1.82) is 0 Å². The highest BCUT2D eigenvalue weighted by atomic mass is 32.2. The standard InChI is InChI=1S/C15H26N2O3S/c1-3-17(12-13-20-4-2)21(18,19)15-9-7-14(8-10-15)6-5-11-16/h7-10H,3-6,11-13,16H2,1-2H3. The Morgan fingerprint density at radius 2 is 1.86 bits per heavy atom. The van der Waals surface area contributed by atoms with Crippen molar-refractivity contribution in [2.45, 2.75) is 31.6 Å². The molecule has 1 rings (SSSR count). The van der Waals surface area contributed by atoms with E-state index in [1.54, 1.807) is 12.1 Å². The highest BCUT2D eigenvalue weighted by Crippen LogP contribution is 2.16. The summed E-state index contributed by atoms with van der Waals surface area (Å²) in [5.41, 5.74) is 6.58. The molecule has 21 heavy (non-hydrogen) atoms. The van der Waals surface area contributed by atoms with Crippen LogP contribution in [0, 0.1) is 0 Å². The Morgan fingerprint density at radius 1 is 1.19 bits per heavy atom. The van der Waals surface area contributed by atoms with Gasteiger partial charge in [0.25, 0.3) is 0 Å². The van der Waals surface area contributed by atoms with Crippen molar-refractivity contribution in [3.05, 3.63) is 29.8 Å². The van der Waals surface area contributed by atoms with Crippen LogP contribution in [-0.4, -0.2) is 45.6 Å². The average Bonchev–Trinajstić information content (AvgIpc) is 2.49. The van der Waals surface area contributed by atoms with Gasteiger partial charge in [-0.1, -0.05) is 19.1 Å². The van der Waals surface area contributed by atoms with E-state index in [9.17, 15) is 8.42 Å². The highest BCUT2D eigenvalue weighted by Gasteiger charge is 2.22. The van der Waals surface area contributed by atoms with Gasteiger partial charge in [-0.05, 0) is 44.0 Å². The molecule has 0 aliphatic carbocycles. The first kappa shape index (κ1) is 18.1. The largest absolute Gasteiger partial charge is 0.380 e. The molecule has 0 amide bonds. The van der Waals surface area contributed by atoms with Crippen molar-refractivity contribution >= 4 is 10.0 Å². The van der Waals surface area contributed by atoms with E-state index in [1.165, 1.54) is 4.31 Å². The predicted octanol–water partition coefficient (Wildman–Crippen LogP) is 1.62. The maximum Gasteiger partial charge on any atom is 0.243 e. The number of aryl methyl sites for hydroxylation is 1. The van der Waals surface area contributed by atoms with Crippen LogP contribution in [0.1, 0.15) is 25.8 Å². The zero-order valence-electron chi connectivity index (χ0n) is 12.9. The van der Waals surface area contributed by atoms with Crippen LogP contribution in [0.25, 0.3) is 0 Å². The number of benzene rings is 1. The molecule has 6 heteroatoms. The van der Waals surface area contributed by atoms with Gasteiger partial charge in [0.2, 0.25) is 10.0 Å². The summed E-state index contributed by atoms with van der Waals surface area (Å²) in [5, 5.41) is 0. The summed E-state index contributed by atoms with van der Waals surface area (Å²) in [6.45, 7) is 6.18. The van der Waals surface area contributed by atoms with E-state index in [4.69, 9.17) is 10.5 Å². The van der Waals surface area contributed by atoms with Crippen LogP contribution in [0.4, 0.5) is 0 Å². The zero-order chi connectivity index (χ0) is 15.7. The predicted molar refractivity (Wildman–Crippen MR) is 84.7 cm³/mol. The van der Waals surface area contributed by atoms with Gasteiger partial charge in [-0.25, -0.2) is 8.42 Å². The first-order valence-electron chi connectivity index (χ1n) is 7.43. The third-order valence-corrected chi connectivity index (χ3v) is 5.26. The number of nitrogens with zero attached hydrogens (tertiary/aromatic N) is 1. The molecule has 0 heterocycles. The molecule has 0 saturated heterocycles. The van der Waals surface area contributed by atoms with E-state index in [1.807, 2.05) is 26.0 Å². The molecule has 5 nitrogen and oxygen atoms in total. The average molecular weight is 314 g/mol. The molecule has 0 aromatic heterocycles. The first-order chi connectivity index (χ1) is 10.1. The molecule has 1 aromatic carbocycles. The molecular weight excluding hydrogens is 288 g/mol. The molecule has 0 bridgehead atoms. The lowest BCUT2D eigenvalue weighted by molar-refractivity contribution is 0.135. The molecular formula is C15H26N2O3S. The molecule has 0 fully saturated rings. The van der Waals surface area contributed by atoms with E-state index in [0.29, 0.717) is 37.7 Å². The molecule has 2 N–H and O–H groups in total. The Labute approximate surface area is 128 Å². The van der Waals surface area contributed by atoms with Gasteiger partial charge in [0.05, 0.1) is 11.5 Å². The number of ether oxygens (including phenoxy) is 1. The molecule has 0 radical (unpaired) electrons. The number of nitrogens with two attached hydrogens (primary N) is 1. The van der Waals surface area contributed by atoms with Crippen LogP contribution in [0.15, 0.2) is 29.2 Å². The van der Waals surface area contributed by atoms with E-state index < -0.39 is 10.0 Å². The van der Waals surface area contributed by atoms with Crippen LogP contribution < -0.4 is 5.73 Å². The normalized spacial score (nSPS) is 12.0. The molecule has 0 unspecified atom stereocenters. The van der Waals surface area contributed by atoms with Crippen molar-refractivity contribution < 1.29 is 13.2 Å². The Morgan fingerprint density at radius 3 is 2.38 bits per heavy atom. The topological polar surface area (TPSA) is 72.6 Å². The molecule has 0 spiro atoms. The van der Waals surface area contributed by atoms with Crippen LogP contribution in [-0.2, 0) is 21.2 Å². The van der Waals surface area contributed by atoms with Crippen molar-refractivity contribution in [1.82, 2.24) is 4.31 Å². The van der Waals surface area contributed by atoms with Gasteiger partial charge in [0.1, 0.15) is 0 Å². The molecule has 0 atom stereocenters. The summed E-state index contributed by atoms with van der Waals surface area (Å²) in [4.78, 5) is 0.331. The maximum absolute atomic E-state index is 12.5. The summed E-state index contributed by atoms with van der Waals surface area (Å²) in [7, 11) is -3.44. The number of hydrogen-bond acceptors (Lipinski definition) is 4.